The summed E-state index contributed by atoms with van der Waals surface area (Å²) in [7, 11) is 0. The molecule has 1 aliphatic rings. The van der Waals surface area contributed by atoms with Crippen molar-refractivity contribution in [2.75, 3.05) is 23.3 Å². The highest BCUT2D eigenvalue weighted by molar-refractivity contribution is 5.45. The van der Waals surface area contributed by atoms with E-state index in [9.17, 15) is 13.2 Å². The summed E-state index contributed by atoms with van der Waals surface area (Å²) in [5.41, 5.74) is 0. The second-order valence-corrected chi connectivity index (χ2v) is 4.27. The lowest BCUT2D eigenvalue weighted by atomic mass is 10.4. The fraction of sp³-hybridized carbons (Fsp3) is 0.636. The third kappa shape index (κ3) is 3.48. The standard InChI is InChI=1S/C11H15F3N4/c1-2-16-9-5-15-6-10(17-9)18(8-3-4-8)7-11(12,13)14/h5-6,8H,2-4,7H2,1H3,(H,16,17). The molecule has 1 saturated carbocycles. The predicted molar refractivity (Wildman–Crippen MR) is 62.6 cm³/mol. The molecule has 2 rings (SSSR count). The highest BCUT2D eigenvalue weighted by Gasteiger charge is 2.38. The van der Waals surface area contributed by atoms with Gasteiger partial charge in [0.05, 0.1) is 12.4 Å². The van der Waals surface area contributed by atoms with Crippen molar-refractivity contribution in [3.63, 3.8) is 0 Å². The first-order valence-corrected chi connectivity index (χ1v) is 5.89. The van der Waals surface area contributed by atoms with Crippen LogP contribution in [0.1, 0.15) is 19.8 Å². The van der Waals surface area contributed by atoms with Crippen LogP contribution in [0.4, 0.5) is 24.8 Å². The minimum atomic E-state index is -4.22. The lowest BCUT2D eigenvalue weighted by Crippen LogP contribution is -2.36. The van der Waals surface area contributed by atoms with E-state index in [4.69, 9.17) is 0 Å². The quantitative estimate of drug-likeness (QED) is 0.882. The van der Waals surface area contributed by atoms with Gasteiger partial charge in [0.15, 0.2) is 0 Å². The Kier molecular flexibility index (Phi) is 3.58. The summed E-state index contributed by atoms with van der Waals surface area (Å²) in [6.45, 7) is 1.57. The normalized spacial score (nSPS) is 15.6. The number of anilines is 2. The van der Waals surface area contributed by atoms with Crippen molar-refractivity contribution in [3.8, 4) is 0 Å². The van der Waals surface area contributed by atoms with Gasteiger partial charge in [0.1, 0.15) is 18.2 Å². The fourth-order valence-electron chi connectivity index (χ4n) is 1.74. The number of rotatable bonds is 5. The number of hydrogen-bond acceptors (Lipinski definition) is 4. The molecule has 1 heterocycles. The lowest BCUT2D eigenvalue weighted by molar-refractivity contribution is -0.120. The second kappa shape index (κ2) is 4.99. The van der Waals surface area contributed by atoms with E-state index in [1.165, 1.54) is 17.3 Å². The molecule has 0 atom stereocenters. The van der Waals surface area contributed by atoms with Gasteiger partial charge in [-0.15, -0.1) is 0 Å². The summed E-state index contributed by atoms with van der Waals surface area (Å²) in [6.07, 6.45) is 0.224. The Morgan fingerprint density at radius 1 is 1.39 bits per heavy atom. The van der Waals surface area contributed by atoms with Crippen LogP contribution in [0.15, 0.2) is 12.4 Å². The van der Waals surface area contributed by atoms with Gasteiger partial charge in [-0.25, -0.2) is 4.98 Å². The van der Waals surface area contributed by atoms with Gasteiger partial charge in [0.2, 0.25) is 0 Å². The van der Waals surface area contributed by atoms with Crippen LogP contribution in [0.25, 0.3) is 0 Å². The van der Waals surface area contributed by atoms with Gasteiger partial charge in [0.25, 0.3) is 0 Å². The van der Waals surface area contributed by atoms with E-state index >= 15 is 0 Å². The minimum absolute atomic E-state index is 0.0576. The Balaban J connectivity index is 2.17. The van der Waals surface area contributed by atoms with Gasteiger partial charge < -0.3 is 10.2 Å². The van der Waals surface area contributed by atoms with Gasteiger partial charge in [-0.2, -0.15) is 13.2 Å². The molecule has 0 radical (unpaired) electrons. The molecule has 0 unspecified atom stereocenters. The number of nitrogens with zero attached hydrogens (tertiary/aromatic N) is 3. The molecule has 0 spiro atoms. The molecular formula is C11H15F3N4. The zero-order valence-electron chi connectivity index (χ0n) is 10.0. The summed E-state index contributed by atoms with van der Waals surface area (Å²) in [5.74, 6) is 0.788. The SMILES string of the molecule is CCNc1cncc(N(CC(F)(F)F)C2CC2)n1. The summed E-state index contributed by atoms with van der Waals surface area (Å²) < 4.78 is 37.6. The van der Waals surface area contributed by atoms with E-state index < -0.39 is 12.7 Å². The first-order chi connectivity index (χ1) is 8.49. The lowest BCUT2D eigenvalue weighted by Gasteiger charge is -2.24. The Morgan fingerprint density at radius 3 is 2.67 bits per heavy atom. The van der Waals surface area contributed by atoms with E-state index in [-0.39, 0.29) is 11.9 Å². The molecule has 1 N–H and O–H groups in total. The topological polar surface area (TPSA) is 41.1 Å². The average molecular weight is 260 g/mol. The zero-order valence-corrected chi connectivity index (χ0v) is 10.0. The summed E-state index contributed by atoms with van der Waals surface area (Å²) in [4.78, 5) is 9.38. The number of aromatic nitrogens is 2. The molecule has 0 amide bonds. The highest BCUT2D eigenvalue weighted by Crippen LogP contribution is 2.33. The van der Waals surface area contributed by atoms with Gasteiger partial charge in [-0.3, -0.25) is 4.98 Å². The number of halogens is 3. The van der Waals surface area contributed by atoms with Gasteiger partial charge >= 0.3 is 6.18 Å². The van der Waals surface area contributed by atoms with Crippen molar-refractivity contribution in [1.29, 1.82) is 0 Å². The monoisotopic (exact) mass is 260 g/mol. The first-order valence-electron chi connectivity index (χ1n) is 5.89. The van der Waals surface area contributed by atoms with Crippen LogP contribution in [0.2, 0.25) is 0 Å². The maximum Gasteiger partial charge on any atom is 0.405 e. The summed E-state index contributed by atoms with van der Waals surface area (Å²) in [6, 6.07) is -0.0576. The molecule has 0 aliphatic heterocycles. The summed E-state index contributed by atoms with van der Waals surface area (Å²) >= 11 is 0. The van der Waals surface area contributed by atoms with Crippen molar-refractivity contribution in [2.24, 2.45) is 0 Å². The molecule has 1 aromatic rings. The van der Waals surface area contributed by atoms with Crippen molar-refractivity contribution in [2.45, 2.75) is 32.0 Å². The third-order valence-electron chi connectivity index (χ3n) is 2.61. The number of nitrogens with one attached hydrogen (secondary N) is 1. The van der Waals surface area contributed by atoms with Crippen LogP contribution in [0.3, 0.4) is 0 Å². The number of alkyl halides is 3. The first kappa shape index (κ1) is 12.9. The van der Waals surface area contributed by atoms with Crippen LogP contribution in [0.5, 0.6) is 0 Å². The van der Waals surface area contributed by atoms with Crippen LogP contribution >= 0.6 is 0 Å². The maximum atomic E-state index is 12.5. The molecular weight excluding hydrogens is 245 g/mol. The van der Waals surface area contributed by atoms with Crippen LogP contribution in [-0.2, 0) is 0 Å². The second-order valence-electron chi connectivity index (χ2n) is 4.27. The Morgan fingerprint density at radius 2 is 2.11 bits per heavy atom. The third-order valence-corrected chi connectivity index (χ3v) is 2.61. The molecule has 18 heavy (non-hydrogen) atoms. The Labute approximate surface area is 103 Å². The number of hydrogen-bond donors (Lipinski definition) is 1. The van der Waals surface area contributed by atoms with Gasteiger partial charge in [-0.1, -0.05) is 0 Å². The molecule has 4 nitrogen and oxygen atoms in total. The minimum Gasteiger partial charge on any atom is -0.369 e. The molecule has 100 valence electrons. The summed E-state index contributed by atoms with van der Waals surface area (Å²) in [5, 5.41) is 2.94. The fourth-order valence-corrected chi connectivity index (χ4v) is 1.74. The van der Waals surface area contributed by atoms with E-state index in [2.05, 4.69) is 15.3 Å². The van der Waals surface area contributed by atoms with Crippen LogP contribution in [0, 0.1) is 0 Å². The van der Waals surface area contributed by atoms with E-state index in [0.29, 0.717) is 12.4 Å². The average Bonchev–Trinajstić information content (AvgIpc) is 3.09. The zero-order chi connectivity index (χ0) is 13.2. The molecule has 0 saturated heterocycles. The van der Waals surface area contributed by atoms with E-state index in [1.807, 2.05) is 6.92 Å². The molecule has 1 fully saturated rings. The largest absolute Gasteiger partial charge is 0.405 e. The predicted octanol–water partition coefficient (Wildman–Crippen LogP) is 2.44. The molecule has 0 bridgehead atoms. The molecule has 0 aromatic carbocycles. The van der Waals surface area contributed by atoms with Crippen LogP contribution < -0.4 is 10.2 Å². The van der Waals surface area contributed by atoms with Gasteiger partial charge in [-0.05, 0) is 19.8 Å². The van der Waals surface area contributed by atoms with Crippen molar-refractivity contribution >= 4 is 11.6 Å². The van der Waals surface area contributed by atoms with Crippen molar-refractivity contribution in [3.05, 3.63) is 12.4 Å². The Hall–Kier alpha value is -1.53. The molecule has 7 heteroatoms. The highest BCUT2D eigenvalue weighted by atomic mass is 19.4. The maximum absolute atomic E-state index is 12.5. The van der Waals surface area contributed by atoms with Gasteiger partial charge in [0, 0.05) is 12.6 Å². The Bertz CT molecular complexity index is 404. The molecule has 1 aromatic heterocycles. The van der Waals surface area contributed by atoms with Crippen LogP contribution in [-0.4, -0.2) is 35.3 Å². The molecule has 1 aliphatic carbocycles. The smallest absolute Gasteiger partial charge is 0.369 e. The van der Waals surface area contributed by atoms with E-state index in [1.54, 1.807) is 0 Å². The van der Waals surface area contributed by atoms with Crippen molar-refractivity contribution in [1.82, 2.24) is 9.97 Å². The van der Waals surface area contributed by atoms with Crippen molar-refractivity contribution < 1.29 is 13.2 Å². The van der Waals surface area contributed by atoms with E-state index in [0.717, 1.165) is 12.8 Å².